The highest BCUT2D eigenvalue weighted by Gasteiger charge is 2.39. The van der Waals surface area contributed by atoms with Gasteiger partial charge >= 0.3 is 5.97 Å². The second-order valence-corrected chi connectivity index (χ2v) is 5.64. The van der Waals surface area contributed by atoms with E-state index in [0.717, 1.165) is 3.57 Å². The van der Waals surface area contributed by atoms with Crippen molar-refractivity contribution in [3.63, 3.8) is 0 Å². The Labute approximate surface area is 124 Å². The van der Waals surface area contributed by atoms with Gasteiger partial charge in [0.1, 0.15) is 6.04 Å². The quantitative estimate of drug-likeness (QED) is 0.620. The number of aliphatic hydroxyl groups is 1. The fourth-order valence-corrected chi connectivity index (χ4v) is 2.52. The van der Waals surface area contributed by atoms with Crippen LogP contribution in [0.5, 0.6) is 0 Å². The van der Waals surface area contributed by atoms with Crippen molar-refractivity contribution in [3.05, 3.63) is 33.4 Å². The smallest absolute Gasteiger partial charge is 0.328 e. The van der Waals surface area contributed by atoms with Crippen LogP contribution in [0, 0.1) is 3.57 Å². The minimum Gasteiger partial charge on any atom is -0.467 e. The number of nitrogens with zero attached hydrogens (tertiary/aromatic N) is 1. The van der Waals surface area contributed by atoms with Crippen LogP contribution in [0.15, 0.2) is 24.3 Å². The molecule has 1 aromatic carbocycles. The molecule has 0 aromatic heterocycles. The number of hydrogen-bond donors (Lipinski definition) is 1. The van der Waals surface area contributed by atoms with E-state index in [1.165, 1.54) is 12.0 Å². The number of rotatable bonds is 2. The number of esters is 1. The van der Waals surface area contributed by atoms with E-state index in [1.54, 1.807) is 12.1 Å². The van der Waals surface area contributed by atoms with E-state index < -0.39 is 18.1 Å². The Hall–Kier alpha value is -1.15. The van der Waals surface area contributed by atoms with Gasteiger partial charge in [0, 0.05) is 22.1 Å². The molecular formula is C13H14INO4. The number of likely N-dealkylation sites (tertiary alicyclic amines) is 1. The number of β-amino-alcohol motifs (C(OH)–C–C–N with tert-alkyl or cyclic N) is 1. The maximum absolute atomic E-state index is 12.3. The van der Waals surface area contributed by atoms with Gasteiger partial charge in [-0.3, -0.25) is 4.79 Å². The summed E-state index contributed by atoms with van der Waals surface area (Å²) in [6.45, 7) is 0.157. The number of hydrogen-bond acceptors (Lipinski definition) is 4. The SMILES string of the molecule is COC(=O)C1CC(O)CN1C(=O)c1ccc(I)cc1. The number of amides is 1. The Morgan fingerprint density at radius 3 is 2.58 bits per heavy atom. The van der Waals surface area contributed by atoms with E-state index >= 15 is 0 Å². The lowest BCUT2D eigenvalue weighted by atomic mass is 10.1. The monoisotopic (exact) mass is 375 g/mol. The fourth-order valence-electron chi connectivity index (χ4n) is 2.16. The summed E-state index contributed by atoms with van der Waals surface area (Å²) in [6.07, 6.45) is -0.458. The average Bonchev–Trinajstić information content (AvgIpc) is 2.80. The number of ether oxygens (including phenoxy) is 1. The van der Waals surface area contributed by atoms with Gasteiger partial charge < -0.3 is 14.7 Å². The van der Waals surface area contributed by atoms with E-state index in [1.807, 2.05) is 12.1 Å². The molecular weight excluding hydrogens is 361 g/mol. The van der Waals surface area contributed by atoms with Gasteiger partial charge in [-0.05, 0) is 46.9 Å². The number of aliphatic hydroxyl groups excluding tert-OH is 1. The molecule has 1 saturated heterocycles. The largest absolute Gasteiger partial charge is 0.467 e. The number of methoxy groups -OCH3 is 1. The summed E-state index contributed by atoms with van der Waals surface area (Å²) in [4.78, 5) is 25.3. The third kappa shape index (κ3) is 3.06. The summed E-state index contributed by atoms with van der Waals surface area (Å²) in [5.41, 5.74) is 0.503. The maximum atomic E-state index is 12.3. The molecule has 2 atom stereocenters. The molecule has 0 saturated carbocycles. The van der Waals surface area contributed by atoms with Crippen LogP contribution in [-0.4, -0.2) is 47.7 Å². The average molecular weight is 375 g/mol. The van der Waals surface area contributed by atoms with Gasteiger partial charge in [0.05, 0.1) is 13.2 Å². The summed E-state index contributed by atoms with van der Waals surface area (Å²) in [7, 11) is 1.28. The van der Waals surface area contributed by atoms with Crippen LogP contribution in [0.2, 0.25) is 0 Å². The van der Waals surface area contributed by atoms with Gasteiger partial charge in [-0.2, -0.15) is 0 Å². The normalized spacial score (nSPS) is 22.4. The van der Waals surface area contributed by atoms with Crippen LogP contribution in [-0.2, 0) is 9.53 Å². The molecule has 19 heavy (non-hydrogen) atoms. The molecule has 6 heteroatoms. The minimum absolute atomic E-state index is 0.157. The lowest BCUT2D eigenvalue weighted by Crippen LogP contribution is -2.41. The van der Waals surface area contributed by atoms with Crippen LogP contribution in [0.3, 0.4) is 0 Å². The summed E-state index contributed by atoms with van der Waals surface area (Å²) in [6, 6.07) is 6.37. The van der Waals surface area contributed by atoms with E-state index in [9.17, 15) is 14.7 Å². The van der Waals surface area contributed by atoms with Crippen molar-refractivity contribution in [1.82, 2.24) is 4.90 Å². The Morgan fingerprint density at radius 2 is 2.00 bits per heavy atom. The van der Waals surface area contributed by atoms with E-state index in [-0.39, 0.29) is 18.9 Å². The summed E-state index contributed by atoms with van der Waals surface area (Å²) in [5, 5.41) is 9.65. The summed E-state index contributed by atoms with van der Waals surface area (Å²) in [5.74, 6) is -0.751. The van der Waals surface area contributed by atoms with Crippen molar-refractivity contribution in [1.29, 1.82) is 0 Å². The van der Waals surface area contributed by atoms with Crippen molar-refractivity contribution >= 4 is 34.5 Å². The van der Waals surface area contributed by atoms with Crippen molar-refractivity contribution in [3.8, 4) is 0 Å². The lowest BCUT2D eigenvalue weighted by Gasteiger charge is -2.22. The molecule has 1 heterocycles. The molecule has 0 bridgehead atoms. The second kappa shape index (κ2) is 5.87. The van der Waals surface area contributed by atoms with Crippen LogP contribution < -0.4 is 0 Å². The molecule has 1 aliphatic rings. The highest BCUT2D eigenvalue weighted by Crippen LogP contribution is 2.22. The second-order valence-electron chi connectivity index (χ2n) is 4.39. The predicted octanol–water partition coefficient (Wildman–Crippen LogP) is 1.04. The first-order chi connectivity index (χ1) is 9.02. The third-order valence-corrected chi connectivity index (χ3v) is 3.82. The van der Waals surface area contributed by atoms with Gasteiger partial charge in [0.15, 0.2) is 0 Å². The summed E-state index contributed by atoms with van der Waals surface area (Å²) >= 11 is 2.15. The first-order valence-corrected chi connectivity index (χ1v) is 6.93. The number of halogens is 1. The van der Waals surface area contributed by atoms with Gasteiger partial charge in [-0.25, -0.2) is 4.79 Å². The fraction of sp³-hybridized carbons (Fsp3) is 0.385. The van der Waals surface area contributed by atoms with E-state index in [0.29, 0.717) is 5.56 Å². The minimum atomic E-state index is -0.702. The maximum Gasteiger partial charge on any atom is 0.328 e. The van der Waals surface area contributed by atoms with Gasteiger partial charge in [0.2, 0.25) is 0 Å². The lowest BCUT2D eigenvalue weighted by molar-refractivity contribution is -0.145. The molecule has 1 fully saturated rings. The molecule has 1 aliphatic heterocycles. The molecule has 0 spiro atoms. The van der Waals surface area contributed by atoms with Gasteiger partial charge in [-0.15, -0.1) is 0 Å². The topological polar surface area (TPSA) is 66.8 Å². The zero-order chi connectivity index (χ0) is 14.0. The molecule has 1 amide bonds. The highest BCUT2D eigenvalue weighted by atomic mass is 127. The highest BCUT2D eigenvalue weighted by molar-refractivity contribution is 14.1. The van der Waals surface area contributed by atoms with Crippen molar-refractivity contribution in [2.75, 3.05) is 13.7 Å². The zero-order valence-electron chi connectivity index (χ0n) is 10.4. The Morgan fingerprint density at radius 1 is 1.37 bits per heavy atom. The molecule has 1 N–H and O–H groups in total. The molecule has 5 nitrogen and oxygen atoms in total. The Kier molecular flexibility index (Phi) is 4.41. The first kappa shape index (κ1) is 14.3. The van der Waals surface area contributed by atoms with Crippen molar-refractivity contribution in [2.24, 2.45) is 0 Å². The number of carbonyl (C=O) groups is 2. The molecule has 0 aliphatic carbocycles. The molecule has 102 valence electrons. The van der Waals surface area contributed by atoms with E-state index in [2.05, 4.69) is 27.3 Å². The zero-order valence-corrected chi connectivity index (χ0v) is 12.5. The van der Waals surface area contributed by atoms with Gasteiger partial charge in [-0.1, -0.05) is 0 Å². The van der Waals surface area contributed by atoms with Crippen LogP contribution in [0.25, 0.3) is 0 Å². The van der Waals surface area contributed by atoms with Crippen LogP contribution in [0.4, 0.5) is 0 Å². The van der Waals surface area contributed by atoms with Gasteiger partial charge in [0.25, 0.3) is 5.91 Å². The van der Waals surface area contributed by atoms with Crippen molar-refractivity contribution in [2.45, 2.75) is 18.6 Å². The predicted molar refractivity (Wildman–Crippen MR) is 76.6 cm³/mol. The van der Waals surface area contributed by atoms with Crippen molar-refractivity contribution < 1.29 is 19.4 Å². The Bertz CT molecular complexity index is 488. The molecule has 1 aromatic rings. The first-order valence-electron chi connectivity index (χ1n) is 5.85. The number of benzene rings is 1. The third-order valence-electron chi connectivity index (χ3n) is 3.10. The van der Waals surface area contributed by atoms with E-state index in [4.69, 9.17) is 0 Å². The summed E-state index contributed by atoms with van der Waals surface area (Å²) < 4.78 is 5.70. The van der Waals surface area contributed by atoms with Crippen LogP contribution >= 0.6 is 22.6 Å². The number of carbonyl (C=O) groups excluding carboxylic acids is 2. The molecule has 0 radical (unpaired) electrons. The standard InChI is InChI=1S/C13H14INO4/c1-19-13(18)11-6-10(16)7-15(11)12(17)8-2-4-9(14)5-3-8/h2-5,10-11,16H,6-7H2,1H3. The Balaban J connectivity index is 2.21. The molecule has 2 rings (SSSR count). The molecule has 2 unspecified atom stereocenters. The van der Waals surface area contributed by atoms with Crippen LogP contribution in [0.1, 0.15) is 16.8 Å².